The molecule has 0 bridgehead atoms. The topological polar surface area (TPSA) is 336 Å². The molecule has 23 nitrogen and oxygen atoms in total. The van der Waals surface area contributed by atoms with Crippen LogP contribution < -0.4 is 10.6 Å². The highest BCUT2D eigenvalue weighted by molar-refractivity contribution is 7.46. The lowest BCUT2D eigenvalue weighted by atomic mass is 9.90. The van der Waals surface area contributed by atoms with E-state index in [1.54, 1.807) is 0 Å². The quantitative estimate of drug-likeness (QED) is 0.0129. The number of ether oxygens (including phenoxy) is 7. The van der Waals surface area contributed by atoms with Crippen LogP contribution in [0.4, 0.5) is 0 Å². The van der Waals surface area contributed by atoms with Crippen molar-refractivity contribution in [3.8, 4) is 0 Å². The minimum absolute atomic E-state index is 0.0268. The summed E-state index contributed by atoms with van der Waals surface area (Å²) < 4.78 is 63.0. The van der Waals surface area contributed by atoms with Gasteiger partial charge in [0.1, 0.15) is 54.5 Å². The number of amides is 2. The van der Waals surface area contributed by atoms with Crippen LogP contribution in [0, 0.1) is 5.92 Å². The third kappa shape index (κ3) is 73.1. The van der Waals surface area contributed by atoms with E-state index in [-0.39, 0.29) is 44.3 Å². The van der Waals surface area contributed by atoms with Gasteiger partial charge in [0.15, 0.2) is 24.8 Å². The monoisotopic (exact) mass is 1970 g/mol. The Morgan fingerprint density at radius 1 is 0.307 bits per heavy atom. The molecule has 2 saturated heterocycles. The molecule has 7 N–H and O–H groups in total. The minimum atomic E-state index is -5.61. The van der Waals surface area contributed by atoms with E-state index in [4.69, 9.17) is 37.7 Å². The number of carbonyl (C=O) groups excluding carboxylic acids is 7. The van der Waals surface area contributed by atoms with Crippen LogP contribution in [-0.2, 0) is 75.8 Å². The second kappa shape index (κ2) is 91.1. The Labute approximate surface area is 836 Å². The molecule has 2 amide bonds. The molecule has 0 aromatic rings. The molecule has 5 unspecified atom stereocenters. The van der Waals surface area contributed by atoms with Gasteiger partial charge in [0, 0.05) is 38.5 Å². The number of aliphatic hydroxyl groups is 3. The maximum atomic E-state index is 15.4. The fraction of sp³-hybridized carbons (Fsp3) is 0.938. The number of esters is 4. The Balaban J connectivity index is 2.81. The Kier molecular flexibility index (Phi) is 86.0. The Morgan fingerprint density at radius 3 is 0.942 bits per heavy atom. The van der Waals surface area contributed by atoms with Gasteiger partial charge in [-0.15, -0.1) is 0 Å². The van der Waals surface area contributed by atoms with Gasteiger partial charge in [0.05, 0.1) is 26.1 Å². The predicted octanol–water partition coefficient (Wildman–Crippen LogP) is 29.0. The van der Waals surface area contributed by atoms with Crippen LogP contribution in [0.1, 0.15) is 588 Å². The average molecular weight is 1970 g/mol. The first-order valence-electron chi connectivity index (χ1n) is 58.2. The second-order valence-electron chi connectivity index (χ2n) is 41.4. The molecule has 0 radical (unpaired) electrons. The Morgan fingerprint density at radius 2 is 0.599 bits per heavy atom. The lowest BCUT2D eigenvalue weighted by Gasteiger charge is -2.46. The molecule has 0 aromatic carbocycles. The standard InChI is InChI=1S/C113H213N2O21P/c1-8-15-22-29-36-43-47-48-52-59-66-73-80-87-104(122)134-110-106(114-101(119)90-96(83-76-69-62-54-41-34-27-20-13-6)130-102(120)85-78-71-64-57-50-45-38-31-24-17-10-3)112(125)132-99(108(110)124)93-129-113-107(115-100(118)89-94(81-74-67-60-53-40-33-26-19-12-5)88-95(117)82-75-68-61-56-49-44-37-30-23-16-9-2)111(109(98(92-116)133-113)136-137(126,127)128)135-105(123)91-97(84-77-70-63-55-42-35-28-21-14-7)131-103(121)86-79-72-65-58-51-46-39-32-25-18-11-4/h94,96-99,106-113,116,124-125H,8-93H2,1-7H3,(H,114,119)(H,115,118)(H2,126,127,128)/t94-,96+,97+,98?,99?,106?,107?,108+,109+,110+,111+,112?,113+/m0/s1. The number of Topliss-reactive ketones (excluding diaryl/α,β-unsaturated/α-hetero) is 1. The first-order chi connectivity index (χ1) is 66.7. The number of rotatable bonds is 100. The van der Waals surface area contributed by atoms with Crippen LogP contribution in [0.2, 0.25) is 0 Å². The molecule has 2 fully saturated rings. The highest BCUT2D eigenvalue weighted by Crippen LogP contribution is 2.43. The summed E-state index contributed by atoms with van der Waals surface area (Å²) in [4.78, 5) is 123. The molecule has 2 aliphatic heterocycles. The van der Waals surface area contributed by atoms with E-state index in [0.717, 1.165) is 218 Å². The van der Waals surface area contributed by atoms with Crippen LogP contribution in [-0.4, -0.2) is 153 Å². The minimum Gasteiger partial charge on any atom is -0.462 e. The van der Waals surface area contributed by atoms with Gasteiger partial charge in [-0.3, -0.25) is 38.1 Å². The van der Waals surface area contributed by atoms with E-state index in [0.29, 0.717) is 57.8 Å². The summed E-state index contributed by atoms with van der Waals surface area (Å²) in [6, 6.07) is -3.34. The highest BCUT2D eigenvalue weighted by Gasteiger charge is 2.54. The van der Waals surface area contributed by atoms with Crippen molar-refractivity contribution in [3.63, 3.8) is 0 Å². The highest BCUT2D eigenvalue weighted by atomic mass is 31.2. The smallest absolute Gasteiger partial charge is 0.462 e. The zero-order chi connectivity index (χ0) is 99.9. The van der Waals surface area contributed by atoms with Gasteiger partial charge in [-0.1, -0.05) is 479 Å². The van der Waals surface area contributed by atoms with Crippen LogP contribution in [0.25, 0.3) is 0 Å². The van der Waals surface area contributed by atoms with Crippen molar-refractivity contribution >= 4 is 49.3 Å². The van der Waals surface area contributed by atoms with Crippen molar-refractivity contribution in [3.05, 3.63) is 0 Å². The first kappa shape index (κ1) is 129. The first-order valence-corrected chi connectivity index (χ1v) is 59.7. The molecule has 0 saturated carbocycles. The molecule has 0 spiro atoms. The van der Waals surface area contributed by atoms with Crippen molar-refractivity contribution in [2.75, 3.05) is 13.2 Å². The maximum absolute atomic E-state index is 15.4. The summed E-state index contributed by atoms with van der Waals surface area (Å²) in [6.07, 6.45) is 63.1. The van der Waals surface area contributed by atoms with Crippen LogP contribution in [0.3, 0.4) is 0 Å². The molecular weight excluding hydrogens is 1750 g/mol. The number of phosphoric ester groups is 1. The van der Waals surface area contributed by atoms with E-state index < -0.39 is 143 Å². The molecule has 137 heavy (non-hydrogen) atoms. The van der Waals surface area contributed by atoms with Crippen LogP contribution in [0.5, 0.6) is 0 Å². The zero-order valence-corrected chi connectivity index (χ0v) is 89.9. The third-order valence-electron chi connectivity index (χ3n) is 28.3. The van der Waals surface area contributed by atoms with Crippen molar-refractivity contribution in [2.24, 2.45) is 5.92 Å². The van der Waals surface area contributed by atoms with Crippen LogP contribution in [0.15, 0.2) is 0 Å². The normalized spacial score (nSPS) is 19.1. The van der Waals surface area contributed by atoms with Gasteiger partial charge in [-0.2, -0.15) is 0 Å². The molecule has 0 aliphatic carbocycles. The summed E-state index contributed by atoms with van der Waals surface area (Å²) in [5, 5.41) is 42.2. The summed E-state index contributed by atoms with van der Waals surface area (Å²) in [5.74, 6) is -4.36. The van der Waals surface area contributed by atoms with E-state index in [1.807, 2.05) is 0 Å². The largest absolute Gasteiger partial charge is 0.470 e. The van der Waals surface area contributed by atoms with E-state index in [1.165, 1.54) is 218 Å². The number of hydrogen-bond donors (Lipinski definition) is 7. The van der Waals surface area contributed by atoms with Crippen molar-refractivity contribution in [1.82, 2.24) is 10.6 Å². The van der Waals surface area contributed by atoms with Gasteiger partial charge in [-0.25, -0.2) is 4.57 Å². The molecule has 806 valence electrons. The molecule has 0 aromatic heterocycles. The lowest BCUT2D eigenvalue weighted by Crippen LogP contribution is -2.68. The number of hydrogen-bond acceptors (Lipinski definition) is 19. The van der Waals surface area contributed by atoms with Gasteiger partial charge in [-0.05, 0) is 63.7 Å². The molecule has 2 heterocycles. The number of unbranched alkanes of at least 4 members (excludes halogenated alkanes) is 66. The van der Waals surface area contributed by atoms with E-state index >= 15 is 9.59 Å². The average Bonchev–Trinajstić information content (AvgIpc) is 0.765. The summed E-state index contributed by atoms with van der Waals surface area (Å²) in [6.45, 7) is 13.7. The summed E-state index contributed by atoms with van der Waals surface area (Å²) >= 11 is 0. The second-order valence-corrected chi connectivity index (χ2v) is 42.6. The Bertz CT molecular complexity index is 2890. The van der Waals surface area contributed by atoms with E-state index in [2.05, 4.69) is 59.1 Å². The van der Waals surface area contributed by atoms with Crippen molar-refractivity contribution in [1.29, 1.82) is 0 Å². The molecular formula is C113H213N2O21P. The number of ketones is 1. The van der Waals surface area contributed by atoms with Gasteiger partial charge >= 0.3 is 31.7 Å². The summed E-state index contributed by atoms with van der Waals surface area (Å²) in [7, 11) is -5.61. The number of carbonyl (C=O) groups is 7. The summed E-state index contributed by atoms with van der Waals surface area (Å²) in [5.41, 5.74) is 0. The SMILES string of the molecule is CCCCCCCCCCCCCCCC(=O)O[C@@H]1C(NC(=O)C[C@@H](CCCCCCCCCCC)OC(=O)CCCCCCCCCCCCC)C(O)OC(CO[C@@H]2OC(CO)[C@@H](OP(=O)(O)O)[C@H](OC(=O)C[C@@H](CCCCCCCCCCC)OC(=O)CCCCCCCCCCCCC)C2NC(=O)C[C@@H](CCCCCCCCCCC)CC(=O)CCCCCCCCCCCCC)[C@H]1O. The predicted molar refractivity (Wildman–Crippen MR) is 555 cm³/mol. The van der Waals surface area contributed by atoms with Gasteiger partial charge < -0.3 is 68.9 Å². The number of phosphoric acid groups is 1. The fourth-order valence-electron chi connectivity index (χ4n) is 19.7. The van der Waals surface area contributed by atoms with Crippen LogP contribution >= 0.6 is 7.82 Å². The maximum Gasteiger partial charge on any atom is 0.470 e. The third-order valence-corrected chi connectivity index (χ3v) is 28.8. The lowest BCUT2D eigenvalue weighted by molar-refractivity contribution is -0.298. The molecule has 24 heteroatoms. The van der Waals surface area contributed by atoms with Gasteiger partial charge in [0.25, 0.3) is 0 Å². The number of nitrogens with one attached hydrogen (secondary N) is 2. The zero-order valence-electron chi connectivity index (χ0n) is 89.0. The van der Waals surface area contributed by atoms with Gasteiger partial charge in [0.2, 0.25) is 11.8 Å². The Hall–Kier alpha value is -3.64. The molecule has 2 rings (SSSR count). The molecule has 13 atom stereocenters. The molecule has 2 aliphatic rings. The fourth-order valence-corrected chi connectivity index (χ4v) is 20.3. The number of aliphatic hydroxyl groups excluding tert-OH is 3. The van der Waals surface area contributed by atoms with Crippen molar-refractivity contribution in [2.45, 2.75) is 661 Å². The van der Waals surface area contributed by atoms with Crippen molar-refractivity contribution < 1.29 is 101 Å². The van der Waals surface area contributed by atoms with E-state index in [9.17, 15) is 53.6 Å².